The number of hydrogen-bond acceptors (Lipinski definition) is 6. The van der Waals surface area contributed by atoms with Crippen LogP contribution < -0.4 is 16.8 Å². The number of carbonyl (C=O) groups is 4. The van der Waals surface area contributed by atoms with Crippen LogP contribution in [0.3, 0.4) is 0 Å². The summed E-state index contributed by atoms with van der Waals surface area (Å²) in [7, 11) is 0. The SMILES string of the molecule is NC(=O)C1CC1(NC(=O)[C@@H](N)CO)C(=O)N1CCC[C@H]1CN(CCc1ccccc1)C(=O)C(F)(F)F. The minimum absolute atomic E-state index is 0.0898. The number of benzene rings is 1. The second-order valence-corrected chi connectivity index (χ2v) is 9.19. The van der Waals surface area contributed by atoms with Crippen LogP contribution in [0.25, 0.3) is 0 Å². The standard InChI is InChI=1S/C23H30F3N5O5/c24-23(25,26)21(36)30(10-8-14-5-2-1-3-6-14)12-15-7-4-9-31(15)20(35)22(11-16(22)18(28)33)29-19(34)17(27)13-32/h1-3,5-6,15-17,32H,4,7-13,27H2,(H2,28,33)(H,29,34)/t15-,16?,17-,22?/m0/s1. The molecule has 3 rings (SSSR count). The number of hydrogen-bond donors (Lipinski definition) is 4. The second-order valence-electron chi connectivity index (χ2n) is 9.19. The Morgan fingerprint density at radius 2 is 1.89 bits per heavy atom. The number of likely N-dealkylation sites (tertiary alicyclic amines) is 1. The lowest BCUT2D eigenvalue weighted by molar-refractivity contribution is -0.186. The largest absolute Gasteiger partial charge is 0.471 e. The van der Waals surface area contributed by atoms with Crippen LogP contribution in [0, 0.1) is 5.92 Å². The molecule has 1 aromatic rings. The summed E-state index contributed by atoms with van der Waals surface area (Å²) in [4.78, 5) is 51.8. The number of aliphatic hydroxyl groups is 1. The molecule has 10 nitrogen and oxygen atoms in total. The van der Waals surface area contributed by atoms with Gasteiger partial charge in [-0.3, -0.25) is 19.2 Å². The number of alkyl halides is 3. The number of nitrogens with two attached hydrogens (primary N) is 2. The first-order valence-corrected chi connectivity index (χ1v) is 11.6. The number of halogens is 3. The molecule has 36 heavy (non-hydrogen) atoms. The monoisotopic (exact) mass is 513 g/mol. The minimum Gasteiger partial charge on any atom is -0.394 e. The van der Waals surface area contributed by atoms with Crippen molar-refractivity contribution in [1.29, 1.82) is 0 Å². The van der Waals surface area contributed by atoms with Gasteiger partial charge in [0.15, 0.2) is 0 Å². The molecule has 2 fully saturated rings. The third-order valence-electron chi connectivity index (χ3n) is 6.68. The van der Waals surface area contributed by atoms with Gasteiger partial charge in [0, 0.05) is 25.7 Å². The van der Waals surface area contributed by atoms with E-state index in [0.717, 1.165) is 5.56 Å². The van der Waals surface area contributed by atoms with Crippen molar-refractivity contribution in [1.82, 2.24) is 15.1 Å². The van der Waals surface area contributed by atoms with Crippen LogP contribution >= 0.6 is 0 Å². The Kier molecular flexibility index (Phi) is 8.24. The molecular weight excluding hydrogens is 483 g/mol. The summed E-state index contributed by atoms with van der Waals surface area (Å²) in [5, 5.41) is 11.6. The number of aliphatic hydroxyl groups excluding tert-OH is 1. The molecule has 4 atom stereocenters. The van der Waals surface area contributed by atoms with E-state index in [0.29, 0.717) is 17.7 Å². The highest BCUT2D eigenvalue weighted by atomic mass is 19.4. The van der Waals surface area contributed by atoms with Gasteiger partial charge in [0.05, 0.1) is 12.5 Å². The van der Waals surface area contributed by atoms with Gasteiger partial charge in [-0.1, -0.05) is 30.3 Å². The average Bonchev–Trinajstić information content (AvgIpc) is 3.40. The fourth-order valence-corrected chi connectivity index (χ4v) is 4.60. The van der Waals surface area contributed by atoms with Crippen LogP contribution in [0.2, 0.25) is 0 Å². The summed E-state index contributed by atoms with van der Waals surface area (Å²) in [5.74, 6) is -5.38. The lowest BCUT2D eigenvalue weighted by Gasteiger charge is -2.34. The van der Waals surface area contributed by atoms with Crippen LogP contribution in [-0.4, -0.2) is 88.6 Å². The first-order valence-electron chi connectivity index (χ1n) is 11.6. The summed E-state index contributed by atoms with van der Waals surface area (Å²) < 4.78 is 40.0. The van der Waals surface area contributed by atoms with E-state index >= 15 is 0 Å². The lowest BCUT2D eigenvalue weighted by atomic mass is 10.1. The van der Waals surface area contributed by atoms with Crippen molar-refractivity contribution < 1.29 is 37.5 Å². The highest BCUT2D eigenvalue weighted by Gasteiger charge is 2.66. The molecule has 4 amide bonds. The van der Waals surface area contributed by atoms with Gasteiger partial charge < -0.3 is 31.7 Å². The normalized spacial score (nSPS) is 24.2. The van der Waals surface area contributed by atoms with E-state index in [9.17, 15) is 32.3 Å². The maximum Gasteiger partial charge on any atom is 0.471 e. The number of rotatable bonds is 10. The van der Waals surface area contributed by atoms with E-state index in [-0.39, 0.29) is 32.5 Å². The zero-order valence-electron chi connectivity index (χ0n) is 19.5. The summed E-state index contributed by atoms with van der Waals surface area (Å²) in [6.07, 6.45) is -4.20. The maximum atomic E-state index is 13.5. The first kappa shape index (κ1) is 27.4. The summed E-state index contributed by atoms with van der Waals surface area (Å²) in [6.45, 7) is -1.10. The summed E-state index contributed by atoms with van der Waals surface area (Å²) in [6, 6.07) is 6.63. The number of nitrogens with one attached hydrogen (secondary N) is 1. The van der Waals surface area contributed by atoms with Crippen LogP contribution in [0.4, 0.5) is 13.2 Å². The van der Waals surface area contributed by atoms with E-state index in [1.807, 2.05) is 0 Å². The van der Waals surface area contributed by atoms with Gasteiger partial charge in [-0.15, -0.1) is 0 Å². The Hall–Kier alpha value is -3.19. The molecule has 2 unspecified atom stereocenters. The predicted molar refractivity (Wildman–Crippen MR) is 121 cm³/mol. The third-order valence-corrected chi connectivity index (χ3v) is 6.68. The molecule has 1 saturated heterocycles. The minimum atomic E-state index is -5.09. The molecule has 1 aromatic carbocycles. The maximum absolute atomic E-state index is 13.5. The van der Waals surface area contributed by atoms with E-state index in [4.69, 9.17) is 16.6 Å². The summed E-state index contributed by atoms with van der Waals surface area (Å²) in [5.41, 5.74) is 9.97. The van der Waals surface area contributed by atoms with Crippen molar-refractivity contribution in [3.05, 3.63) is 35.9 Å². The fraction of sp³-hybridized carbons (Fsp3) is 0.565. The average molecular weight is 514 g/mol. The molecule has 198 valence electrons. The van der Waals surface area contributed by atoms with E-state index in [1.165, 1.54) is 4.90 Å². The fourth-order valence-electron chi connectivity index (χ4n) is 4.60. The molecule has 6 N–H and O–H groups in total. The Labute approximate surface area is 205 Å². The summed E-state index contributed by atoms with van der Waals surface area (Å²) >= 11 is 0. The van der Waals surface area contributed by atoms with Gasteiger partial charge in [0.2, 0.25) is 17.7 Å². The molecule has 13 heteroatoms. The van der Waals surface area contributed by atoms with Gasteiger partial charge >= 0.3 is 12.1 Å². The molecule has 1 aliphatic carbocycles. The molecule has 0 aromatic heterocycles. The molecule has 0 bridgehead atoms. The van der Waals surface area contributed by atoms with Gasteiger partial charge in [-0.25, -0.2) is 0 Å². The Bertz CT molecular complexity index is 992. The number of amides is 4. The highest BCUT2D eigenvalue weighted by Crippen LogP contribution is 2.46. The zero-order chi connectivity index (χ0) is 26.7. The van der Waals surface area contributed by atoms with Crippen molar-refractivity contribution in [3.8, 4) is 0 Å². The van der Waals surface area contributed by atoms with Gasteiger partial charge in [-0.2, -0.15) is 13.2 Å². The second kappa shape index (κ2) is 10.8. The zero-order valence-corrected chi connectivity index (χ0v) is 19.5. The van der Waals surface area contributed by atoms with Gasteiger partial charge in [0.1, 0.15) is 11.6 Å². The topological polar surface area (TPSA) is 159 Å². The third kappa shape index (κ3) is 5.95. The molecule has 0 radical (unpaired) electrons. The van der Waals surface area contributed by atoms with Crippen molar-refractivity contribution >= 4 is 23.6 Å². The van der Waals surface area contributed by atoms with Crippen molar-refractivity contribution in [2.24, 2.45) is 17.4 Å². The van der Waals surface area contributed by atoms with Crippen molar-refractivity contribution in [3.63, 3.8) is 0 Å². The Morgan fingerprint density at radius 3 is 2.44 bits per heavy atom. The molecule has 1 aliphatic heterocycles. The Morgan fingerprint density at radius 1 is 1.22 bits per heavy atom. The van der Waals surface area contributed by atoms with Crippen LogP contribution in [0.5, 0.6) is 0 Å². The van der Waals surface area contributed by atoms with Gasteiger partial charge in [-0.05, 0) is 31.2 Å². The van der Waals surface area contributed by atoms with Crippen LogP contribution in [-0.2, 0) is 25.6 Å². The molecule has 0 spiro atoms. The first-order chi connectivity index (χ1) is 16.9. The smallest absolute Gasteiger partial charge is 0.394 e. The van der Waals surface area contributed by atoms with Gasteiger partial charge in [0.25, 0.3) is 0 Å². The lowest BCUT2D eigenvalue weighted by Crippen LogP contribution is -2.59. The molecular formula is C23H30F3N5O5. The molecule has 1 saturated carbocycles. The number of primary amides is 1. The van der Waals surface area contributed by atoms with E-state index in [2.05, 4.69) is 5.32 Å². The molecule has 2 aliphatic rings. The predicted octanol–water partition coefficient (Wildman–Crippen LogP) is -0.709. The van der Waals surface area contributed by atoms with Crippen molar-refractivity contribution in [2.45, 2.75) is 49.5 Å². The highest BCUT2D eigenvalue weighted by molar-refractivity contribution is 6.02. The van der Waals surface area contributed by atoms with Crippen LogP contribution in [0.1, 0.15) is 24.8 Å². The van der Waals surface area contributed by atoms with E-state index < -0.39 is 60.0 Å². The number of carbonyl (C=O) groups excluding carboxylic acids is 4. The quantitative estimate of drug-likeness (QED) is 0.324. The van der Waals surface area contributed by atoms with Crippen LogP contribution in [0.15, 0.2) is 30.3 Å². The van der Waals surface area contributed by atoms with Crippen molar-refractivity contribution in [2.75, 3.05) is 26.2 Å². The number of nitrogens with zero attached hydrogens (tertiary/aromatic N) is 2. The Balaban J connectivity index is 1.78. The molecule has 1 heterocycles. The van der Waals surface area contributed by atoms with E-state index in [1.54, 1.807) is 30.3 Å².